The first-order chi connectivity index (χ1) is 29.5. The van der Waals surface area contributed by atoms with Crippen LogP contribution in [0.15, 0.2) is 0 Å². The van der Waals surface area contributed by atoms with Gasteiger partial charge in [-0.05, 0) is 39.0 Å². The van der Waals surface area contributed by atoms with Crippen molar-refractivity contribution in [2.75, 3.05) is 79.0 Å². The predicted molar refractivity (Wildman–Crippen MR) is 227 cm³/mol. The van der Waals surface area contributed by atoms with Gasteiger partial charge in [0.15, 0.2) is 6.17 Å². The number of ether oxygens (including phenoxy) is 4. The molecule has 0 aliphatic heterocycles. The van der Waals surface area contributed by atoms with Crippen molar-refractivity contribution >= 4 is 41.4 Å². The Hall–Kier alpha value is -3.79. The number of carbonyl (C=O) groups is 7. The Morgan fingerprint density at radius 1 is 0.508 bits per heavy atom. The van der Waals surface area contributed by atoms with E-state index < -0.39 is 29.9 Å². The van der Waals surface area contributed by atoms with Gasteiger partial charge in [0.05, 0.1) is 52.2 Å². The number of nitrogens with two attached hydrogens (primary N) is 1. The molecule has 10 N–H and O–H groups in total. The van der Waals surface area contributed by atoms with Crippen molar-refractivity contribution < 1.29 is 62.7 Å². The number of hydrogen-bond acceptors (Lipinski definition) is 14. The van der Waals surface area contributed by atoms with Crippen molar-refractivity contribution in [1.82, 2.24) is 32.0 Å². The number of unbranched alkanes of at least 4 members (excludes halogenated alkanes) is 14. The van der Waals surface area contributed by atoms with Gasteiger partial charge >= 0.3 is 11.9 Å². The van der Waals surface area contributed by atoms with Gasteiger partial charge in [0.25, 0.3) is 0 Å². The molecule has 0 rings (SSSR count). The molecule has 20 heteroatoms. The third-order valence-corrected chi connectivity index (χ3v) is 9.34. The fourth-order valence-electron chi connectivity index (χ4n) is 5.88. The quantitative estimate of drug-likeness (QED) is 0.0181. The molecule has 0 spiro atoms. The highest BCUT2D eigenvalue weighted by molar-refractivity contribution is 5.84. The van der Waals surface area contributed by atoms with Crippen molar-refractivity contribution in [1.29, 1.82) is 0 Å². The van der Waals surface area contributed by atoms with Gasteiger partial charge in [-0.2, -0.15) is 0 Å². The van der Waals surface area contributed by atoms with E-state index in [1.54, 1.807) is 0 Å². The van der Waals surface area contributed by atoms with Crippen LogP contribution in [0.1, 0.15) is 129 Å². The second kappa shape index (κ2) is 41.6. The first-order valence-electron chi connectivity index (χ1n) is 22.0. The molecule has 0 aromatic carbocycles. The summed E-state index contributed by atoms with van der Waals surface area (Å²) in [6.45, 7) is 3.02. The molecule has 4 amide bonds. The minimum absolute atomic E-state index is 0.0249. The van der Waals surface area contributed by atoms with E-state index in [2.05, 4.69) is 32.0 Å². The van der Waals surface area contributed by atoms with Crippen LogP contribution in [0.5, 0.6) is 0 Å². The molecule has 0 aromatic heterocycles. The number of carboxylic acid groups (broad SMARTS) is 2. The Kier molecular flexibility index (Phi) is 39.0. The molecule has 0 radical (unpaired) electrons. The highest BCUT2D eigenvalue weighted by Gasteiger charge is 2.20. The van der Waals surface area contributed by atoms with E-state index in [1.807, 2.05) is 0 Å². The SMILES string of the molecule is CC(=O)[C@H](CCCCNC(=O)COCCOCCNC(=O)COCCOCCNC(=O)CN[C@H](NC(=O)CCCCCCCCCCCCCCCCC(=O)O)C(=O)O)NN. The van der Waals surface area contributed by atoms with Crippen molar-refractivity contribution in [3.63, 3.8) is 0 Å². The molecule has 20 nitrogen and oxygen atoms in total. The summed E-state index contributed by atoms with van der Waals surface area (Å²) in [4.78, 5) is 81.5. The van der Waals surface area contributed by atoms with E-state index >= 15 is 0 Å². The Morgan fingerprint density at radius 2 is 0.951 bits per heavy atom. The Labute approximate surface area is 361 Å². The lowest BCUT2D eigenvalue weighted by molar-refractivity contribution is -0.143. The van der Waals surface area contributed by atoms with E-state index in [-0.39, 0.29) is 109 Å². The summed E-state index contributed by atoms with van der Waals surface area (Å²) in [5.74, 6) is 1.85. The molecule has 0 unspecified atom stereocenters. The van der Waals surface area contributed by atoms with Gasteiger partial charge in [-0.15, -0.1) is 0 Å². The fraction of sp³-hybridized carbons (Fsp3) is 0.829. The highest BCUT2D eigenvalue weighted by Crippen LogP contribution is 2.14. The molecule has 61 heavy (non-hydrogen) atoms. The van der Waals surface area contributed by atoms with Crippen LogP contribution in [0, 0.1) is 0 Å². The minimum Gasteiger partial charge on any atom is -0.481 e. The molecule has 0 aliphatic rings. The number of carbonyl (C=O) groups excluding carboxylic acids is 5. The number of Topliss-reactive ketones (excluding diaryl/α,β-unsaturated/α-hetero) is 1. The van der Waals surface area contributed by atoms with Crippen LogP contribution < -0.4 is 37.9 Å². The maximum atomic E-state index is 12.3. The lowest BCUT2D eigenvalue weighted by Gasteiger charge is -2.16. The molecule has 354 valence electrons. The summed E-state index contributed by atoms with van der Waals surface area (Å²) in [6.07, 6.45) is 16.0. The number of hydrazine groups is 1. The average Bonchev–Trinajstić information content (AvgIpc) is 3.22. The zero-order valence-corrected chi connectivity index (χ0v) is 36.5. The van der Waals surface area contributed by atoms with Crippen LogP contribution in [0.3, 0.4) is 0 Å². The van der Waals surface area contributed by atoms with Gasteiger partial charge in [-0.1, -0.05) is 77.0 Å². The van der Waals surface area contributed by atoms with Crippen molar-refractivity contribution in [2.24, 2.45) is 5.84 Å². The molecular formula is C41H77N7O13. The Morgan fingerprint density at radius 3 is 1.41 bits per heavy atom. The van der Waals surface area contributed by atoms with Crippen LogP contribution in [0.25, 0.3) is 0 Å². The fourth-order valence-corrected chi connectivity index (χ4v) is 5.88. The van der Waals surface area contributed by atoms with E-state index in [9.17, 15) is 38.7 Å². The smallest absolute Gasteiger partial charge is 0.341 e. The number of amides is 4. The van der Waals surface area contributed by atoms with Gasteiger partial charge in [0.1, 0.15) is 19.0 Å². The topological polar surface area (TPSA) is 295 Å². The Balaban J connectivity index is 3.65. The van der Waals surface area contributed by atoms with Crippen LogP contribution in [-0.2, 0) is 52.5 Å². The lowest BCUT2D eigenvalue weighted by atomic mass is 10.0. The second-order valence-electron chi connectivity index (χ2n) is 14.8. The molecule has 0 fully saturated rings. The molecule has 0 aromatic rings. The van der Waals surface area contributed by atoms with Crippen molar-refractivity contribution in [2.45, 2.75) is 141 Å². The number of ketones is 1. The standard InChI is InChI=1S/C41H77N7O13/c1-33(49)34(48-42)18-16-17-21-43-37(52)31-60-28-27-59-25-23-45-38(53)32-61-29-26-58-24-22-44-36(51)30-46-40(41(56)57)47-35(50)19-14-12-10-8-6-4-2-3-5-7-9-11-13-15-20-39(54)55/h34,40,46,48H,2-32,42H2,1H3,(H,43,52)(H,44,51)(H,45,53)(H,47,50)(H,54,55)(H,56,57)/t34-,40+/m0/s1. The zero-order chi connectivity index (χ0) is 45.2. The van der Waals surface area contributed by atoms with Gasteiger partial charge in [0, 0.05) is 32.5 Å². The van der Waals surface area contributed by atoms with E-state index in [4.69, 9.17) is 29.9 Å². The number of rotatable bonds is 45. The normalized spacial score (nSPS) is 12.0. The third-order valence-electron chi connectivity index (χ3n) is 9.34. The van der Waals surface area contributed by atoms with E-state index in [0.29, 0.717) is 25.8 Å². The third kappa shape index (κ3) is 40.1. The summed E-state index contributed by atoms with van der Waals surface area (Å²) in [7, 11) is 0. The maximum absolute atomic E-state index is 12.3. The number of hydrogen-bond donors (Lipinski definition) is 9. The summed E-state index contributed by atoms with van der Waals surface area (Å²) in [5, 5.41) is 31.0. The van der Waals surface area contributed by atoms with Crippen molar-refractivity contribution in [3.05, 3.63) is 0 Å². The average molecular weight is 876 g/mol. The number of nitrogens with one attached hydrogen (secondary N) is 6. The number of carboxylic acids is 2. The summed E-state index contributed by atoms with van der Waals surface area (Å²) < 4.78 is 21.3. The number of aliphatic carboxylic acids is 2. The minimum atomic E-state index is -1.39. The molecule has 0 saturated carbocycles. The van der Waals surface area contributed by atoms with E-state index in [0.717, 1.165) is 51.4 Å². The summed E-state index contributed by atoms with van der Waals surface area (Å²) in [5.41, 5.74) is 2.47. The second-order valence-corrected chi connectivity index (χ2v) is 14.8. The monoisotopic (exact) mass is 876 g/mol. The van der Waals surface area contributed by atoms with Gasteiger partial charge < -0.3 is 50.4 Å². The van der Waals surface area contributed by atoms with Crippen LogP contribution in [-0.4, -0.2) is 143 Å². The van der Waals surface area contributed by atoms with Crippen LogP contribution in [0.2, 0.25) is 0 Å². The first kappa shape index (κ1) is 57.2. The van der Waals surface area contributed by atoms with Gasteiger partial charge in [-0.3, -0.25) is 39.9 Å². The van der Waals surface area contributed by atoms with Gasteiger partial charge in [0.2, 0.25) is 23.6 Å². The molecule has 0 aliphatic carbocycles. The molecule has 2 atom stereocenters. The largest absolute Gasteiger partial charge is 0.481 e. The highest BCUT2D eigenvalue weighted by atomic mass is 16.5. The maximum Gasteiger partial charge on any atom is 0.341 e. The van der Waals surface area contributed by atoms with Crippen LogP contribution >= 0.6 is 0 Å². The summed E-state index contributed by atoms with van der Waals surface area (Å²) >= 11 is 0. The lowest BCUT2D eigenvalue weighted by Crippen LogP contribution is -2.53. The Bertz CT molecular complexity index is 1200. The summed E-state index contributed by atoms with van der Waals surface area (Å²) in [6, 6.07) is -0.375. The zero-order valence-electron chi connectivity index (χ0n) is 36.5. The van der Waals surface area contributed by atoms with Gasteiger partial charge in [-0.25, -0.2) is 10.2 Å². The van der Waals surface area contributed by atoms with E-state index in [1.165, 1.54) is 45.4 Å². The van der Waals surface area contributed by atoms with Crippen molar-refractivity contribution in [3.8, 4) is 0 Å². The van der Waals surface area contributed by atoms with Crippen LogP contribution in [0.4, 0.5) is 0 Å². The predicted octanol–water partition coefficient (Wildman–Crippen LogP) is 1.44. The molecule has 0 saturated heterocycles. The first-order valence-corrected chi connectivity index (χ1v) is 22.0. The molecular weight excluding hydrogens is 798 g/mol. The molecule has 0 heterocycles. The molecule has 0 bridgehead atoms.